The predicted molar refractivity (Wildman–Crippen MR) is 97.8 cm³/mol. The highest BCUT2D eigenvalue weighted by molar-refractivity contribution is 6.00. The van der Waals surface area contributed by atoms with Gasteiger partial charge in [0.15, 0.2) is 0 Å². The first-order valence-electron chi connectivity index (χ1n) is 7.88. The third-order valence-electron chi connectivity index (χ3n) is 3.63. The fraction of sp³-hybridized carbons (Fsp3) is 0.167. The van der Waals surface area contributed by atoms with Gasteiger partial charge in [-0.15, -0.1) is 0 Å². The van der Waals surface area contributed by atoms with E-state index in [1.807, 2.05) is 24.3 Å². The van der Waals surface area contributed by atoms with Crippen molar-refractivity contribution in [2.75, 3.05) is 24.9 Å². The van der Waals surface area contributed by atoms with Crippen LogP contribution >= 0.6 is 0 Å². The summed E-state index contributed by atoms with van der Waals surface area (Å²) in [5.74, 6) is 1.19. The van der Waals surface area contributed by atoms with Gasteiger partial charge in [-0.1, -0.05) is 12.1 Å². The van der Waals surface area contributed by atoms with E-state index in [2.05, 4.69) is 20.7 Å². The molecular weight excluding hydrogens is 334 g/mol. The van der Waals surface area contributed by atoms with E-state index in [4.69, 9.17) is 9.47 Å². The Morgan fingerprint density at radius 2 is 1.65 bits per heavy atom. The number of urea groups is 1. The zero-order chi connectivity index (χ0) is 18.4. The van der Waals surface area contributed by atoms with Gasteiger partial charge in [-0.2, -0.15) is 5.10 Å². The molecule has 3 rings (SSSR count). The van der Waals surface area contributed by atoms with E-state index in [9.17, 15) is 4.79 Å². The molecule has 0 aliphatic rings. The van der Waals surface area contributed by atoms with E-state index in [1.165, 1.54) is 6.33 Å². The molecule has 2 amide bonds. The maximum atomic E-state index is 12.2. The Morgan fingerprint density at radius 3 is 2.23 bits per heavy atom. The van der Waals surface area contributed by atoms with Crippen LogP contribution in [0.5, 0.6) is 11.5 Å². The summed E-state index contributed by atoms with van der Waals surface area (Å²) in [6.07, 6.45) is 3.15. The van der Waals surface area contributed by atoms with E-state index in [1.54, 1.807) is 43.4 Å². The molecule has 0 saturated carbocycles. The van der Waals surface area contributed by atoms with Gasteiger partial charge in [-0.05, 0) is 17.7 Å². The van der Waals surface area contributed by atoms with Crippen LogP contribution in [0.2, 0.25) is 0 Å². The normalized spacial score (nSPS) is 10.2. The van der Waals surface area contributed by atoms with Gasteiger partial charge in [0, 0.05) is 29.6 Å². The van der Waals surface area contributed by atoms with Crippen molar-refractivity contribution in [2.45, 2.75) is 6.54 Å². The molecule has 8 heteroatoms. The summed E-state index contributed by atoms with van der Waals surface area (Å²) >= 11 is 0. The second-order valence-electron chi connectivity index (χ2n) is 5.47. The summed E-state index contributed by atoms with van der Waals surface area (Å²) in [5, 5.41) is 9.61. The molecule has 0 aliphatic heterocycles. The average Bonchev–Trinajstić information content (AvgIpc) is 3.16. The number of nitrogens with zero attached hydrogens (tertiary/aromatic N) is 3. The fourth-order valence-electron chi connectivity index (χ4n) is 2.37. The van der Waals surface area contributed by atoms with Gasteiger partial charge in [0.25, 0.3) is 0 Å². The molecule has 0 spiro atoms. The van der Waals surface area contributed by atoms with Gasteiger partial charge >= 0.3 is 6.03 Å². The molecule has 0 fully saturated rings. The van der Waals surface area contributed by atoms with Crippen molar-refractivity contribution in [1.29, 1.82) is 0 Å². The Labute approximate surface area is 150 Å². The first-order chi connectivity index (χ1) is 12.7. The Balaban J connectivity index is 1.61. The minimum absolute atomic E-state index is 0.357. The number of hydrogen-bond donors (Lipinski definition) is 2. The summed E-state index contributed by atoms with van der Waals surface area (Å²) in [6.45, 7) is 0.621. The van der Waals surface area contributed by atoms with Crippen LogP contribution in [0.15, 0.2) is 55.1 Å². The van der Waals surface area contributed by atoms with Gasteiger partial charge in [0.2, 0.25) is 0 Å². The molecule has 2 N–H and O–H groups in total. The van der Waals surface area contributed by atoms with Crippen molar-refractivity contribution in [3.8, 4) is 11.5 Å². The monoisotopic (exact) mass is 353 g/mol. The van der Waals surface area contributed by atoms with Crippen molar-refractivity contribution >= 4 is 17.4 Å². The zero-order valence-corrected chi connectivity index (χ0v) is 14.5. The minimum atomic E-state index is -0.357. The van der Waals surface area contributed by atoms with Crippen molar-refractivity contribution in [2.24, 2.45) is 0 Å². The Hall–Kier alpha value is -3.55. The van der Waals surface area contributed by atoms with Crippen LogP contribution in [-0.2, 0) is 6.54 Å². The van der Waals surface area contributed by atoms with Gasteiger partial charge in [0.1, 0.15) is 24.2 Å². The standard InChI is InChI=1S/C18H19N5O3/c1-25-16-7-15(8-17(9-16)26-2)22-18(24)21-14-5-3-13(4-6-14)10-23-12-19-11-20-23/h3-9,11-12H,10H2,1-2H3,(H2,21,22,24). The first kappa shape index (κ1) is 17.3. The van der Waals surface area contributed by atoms with Crippen molar-refractivity contribution < 1.29 is 14.3 Å². The highest BCUT2D eigenvalue weighted by Crippen LogP contribution is 2.25. The van der Waals surface area contributed by atoms with Crippen LogP contribution in [0.25, 0.3) is 0 Å². The molecule has 0 unspecified atom stereocenters. The Bertz CT molecular complexity index is 841. The SMILES string of the molecule is COc1cc(NC(=O)Nc2ccc(Cn3cncn3)cc2)cc(OC)c1. The number of carbonyl (C=O) groups is 1. The van der Waals surface area contributed by atoms with Gasteiger partial charge < -0.3 is 20.1 Å². The summed E-state index contributed by atoms with van der Waals surface area (Å²) in [4.78, 5) is 16.1. The summed E-state index contributed by atoms with van der Waals surface area (Å²) in [6, 6.07) is 12.3. The Kier molecular flexibility index (Phi) is 5.33. The smallest absolute Gasteiger partial charge is 0.323 e. The van der Waals surface area contributed by atoms with E-state index in [0.717, 1.165) is 5.56 Å². The number of methoxy groups -OCH3 is 2. The largest absolute Gasteiger partial charge is 0.497 e. The molecule has 0 radical (unpaired) electrons. The van der Waals surface area contributed by atoms with Crippen molar-refractivity contribution in [3.05, 3.63) is 60.7 Å². The number of hydrogen-bond acceptors (Lipinski definition) is 5. The lowest BCUT2D eigenvalue weighted by Gasteiger charge is -2.11. The van der Waals surface area contributed by atoms with Crippen LogP contribution in [0.1, 0.15) is 5.56 Å². The number of aromatic nitrogens is 3. The maximum Gasteiger partial charge on any atom is 0.323 e. The second kappa shape index (κ2) is 8.02. The zero-order valence-electron chi connectivity index (χ0n) is 14.5. The number of carbonyl (C=O) groups excluding carboxylic acids is 1. The van der Waals surface area contributed by atoms with Crippen molar-refractivity contribution in [3.63, 3.8) is 0 Å². The molecule has 0 bridgehead atoms. The number of amides is 2. The van der Waals surface area contributed by atoms with Gasteiger partial charge in [-0.25, -0.2) is 14.5 Å². The van der Waals surface area contributed by atoms with Crippen LogP contribution < -0.4 is 20.1 Å². The van der Waals surface area contributed by atoms with Gasteiger partial charge in [-0.3, -0.25) is 0 Å². The molecule has 0 aliphatic carbocycles. The molecule has 1 heterocycles. The molecule has 8 nitrogen and oxygen atoms in total. The Morgan fingerprint density at radius 1 is 1.00 bits per heavy atom. The number of nitrogens with one attached hydrogen (secondary N) is 2. The molecule has 134 valence electrons. The first-order valence-corrected chi connectivity index (χ1v) is 7.88. The van der Waals surface area contributed by atoms with Gasteiger partial charge in [0.05, 0.1) is 20.8 Å². The van der Waals surface area contributed by atoms with Crippen LogP contribution in [0.3, 0.4) is 0 Å². The summed E-state index contributed by atoms with van der Waals surface area (Å²) in [7, 11) is 3.11. The van der Waals surface area contributed by atoms with E-state index < -0.39 is 0 Å². The quantitative estimate of drug-likeness (QED) is 0.711. The highest BCUT2D eigenvalue weighted by atomic mass is 16.5. The van der Waals surface area contributed by atoms with Crippen LogP contribution in [0, 0.1) is 0 Å². The predicted octanol–water partition coefficient (Wildman–Crippen LogP) is 2.99. The molecular formula is C18H19N5O3. The van der Waals surface area contributed by atoms with Crippen LogP contribution in [0.4, 0.5) is 16.2 Å². The van der Waals surface area contributed by atoms with E-state index in [-0.39, 0.29) is 6.03 Å². The van der Waals surface area contributed by atoms with E-state index in [0.29, 0.717) is 29.4 Å². The van der Waals surface area contributed by atoms with E-state index >= 15 is 0 Å². The third kappa shape index (κ3) is 4.50. The summed E-state index contributed by atoms with van der Waals surface area (Å²) in [5.41, 5.74) is 2.31. The number of anilines is 2. The minimum Gasteiger partial charge on any atom is -0.497 e. The second-order valence-corrected chi connectivity index (χ2v) is 5.47. The number of ether oxygens (including phenoxy) is 2. The third-order valence-corrected chi connectivity index (χ3v) is 3.63. The lowest BCUT2D eigenvalue weighted by atomic mass is 10.2. The lowest BCUT2D eigenvalue weighted by Crippen LogP contribution is -2.19. The van der Waals surface area contributed by atoms with Crippen molar-refractivity contribution in [1.82, 2.24) is 14.8 Å². The molecule has 3 aromatic rings. The number of benzene rings is 2. The van der Waals surface area contributed by atoms with Crippen LogP contribution in [-0.4, -0.2) is 35.0 Å². The molecule has 0 atom stereocenters. The molecule has 0 saturated heterocycles. The number of rotatable bonds is 6. The molecule has 2 aromatic carbocycles. The highest BCUT2D eigenvalue weighted by Gasteiger charge is 2.07. The fourth-order valence-corrected chi connectivity index (χ4v) is 2.37. The molecule has 26 heavy (non-hydrogen) atoms. The molecule has 1 aromatic heterocycles. The summed E-state index contributed by atoms with van der Waals surface area (Å²) < 4.78 is 12.1. The average molecular weight is 353 g/mol. The lowest BCUT2D eigenvalue weighted by molar-refractivity contribution is 0.262. The maximum absolute atomic E-state index is 12.2. The topological polar surface area (TPSA) is 90.3 Å².